The number of carbonyl (C=O) groups excluding carboxylic acids is 2. The van der Waals surface area contributed by atoms with E-state index in [1.807, 2.05) is 31.2 Å². The van der Waals surface area contributed by atoms with Crippen molar-refractivity contribution in [3.8, 4) is 0 Å². The molecule has 0 bridgehead atoms. The predicted octanol–water partition coefficient (Wildman–Crippen LogP) is 3.12. The Bertz CT molecular complexity index is 837. The first kappa shape index (κ1) is 22.8. The second-order valence-corrected chi connectivity index (χ2v) is 9.16. The van der Waals surface area contributed by atoms with E-state index in [1.165, 1.54) is 32.1 Å². The third kappa shape index (κ3) is 5.33. The molecule has 1 atom stereocenters. The normalized spacial score (nSPS) is 23.6. The van der Waals surface area contributed by atoms with E-state index in [0.29, 0.717) is 24.4 Å². The lowest BCUT2D eigenvalue weighted by atomic mass is 9.93. The largest absolute Gasteiger partial charge is 0.463 e. The van der Waals surface area contributed by atoms with Crippen molar-refractivity contribution in [2.24, 2.45) is 0 Å². The first-order chi connectivity index (χ1) is 15.5. The molecule has 174 valence electrons. The molecule has 2 fully saturated rings. The molecule has 1 saturated heterocycles. The maximum Gasteiger partial charge on any atom is 0.338 e. The van der Waals surface area contributed by atoms with Crippen molar-refractivity contribution in [3.05, 3.63) is 46.7 Å². The van der Waals surface area contributed by atoms with E-state index in [1.54, 1.807) is 6.92 Å². The Hall–Kier alpha value is -2.38. The summed E-state index contributed by atoms with van der Waals surface area (Å²) in [4.78, 5) is 30.5. The number of rotatable bonds is 6. The Morgan fingerprint density at radius 3 is 2.41 bits per heavy atom. The van der Waals surface area contributed by atoms with Gasteiger partial charge in [0.2, 0.25) is 0 Å². The van der Waals surface area contributed by atoms with Crippen molar-refractivity contribution >= 4 is 12.0 Å². The summed E-state index contributed by atoms with van der Waals surface area (Å²) in [6, 6.07) is 7.86. The number of carbonyl (C=O) groups is 2. The molecule has 7 heteroatoms. The minimum Gasteiger partial charge on any atom is -0.463 e. The van der Waals surface area contributed by atoms with Crippen LogP contribution in [-0.2, 0) is 9.53 Å². The van der Waals surface area contributed by atoms with Crippen molar-refractivity contribution in [3.63, 3.8) is 0 Å². The highest BCUT2D eigenvalue weighted by Crippen LogP contribution is 2.29. The smallest absolute Gasteiger partial charge is 0.338 e. The highest BCUT2D eigenvalue weighted by Gasteiger charge is 2.35. The Balaban J connectivity index is 1.52. The highest BCUT2D eigenvalue weighted by molar-refractivity contribution is 5.95. The van der Waals surface area contributed by atoms with Gasteiger partial charge in [-0.05, 0) is 32.3 Å². The number of hydrogen-bond acceptors (Lipinski definition) is 5. The number of nitrogens with one attached hydrogen (secondary N) is 2. The predicted molar refractivity (Wildman–Crippen MR) is 124 cm³/mol. The van der Waals surface area contributed by atoms with Crippen LogP contribution in [0, 0.1) is 6.92 Å². The number of esters is 1. The van der Waals surface area contributed by atoms with Crippen LogP contribution in [0.3, 0.4) is 0 Å². The van der Waals surface area contributed by atoms with Gasteiger partial charge in [0.1, 0.15) is 0 Å². The van der Waals surface area contributed by atoms with Gasteiger partial charge in [-0.15, -0.1) is 0 Å². The average Bonchev–Trinajstić information content (AvgIpc) is 2.80. The maximum absolute atomic E-state index is 13.0. The van der Waals surface area contributed by atoms with Gasteiger partial charge >= 0.3 is 12.0 Å². The van der Waals surface area contributed by atoms with Gasteiger partial charge in [0.05, 0.1) is 18.2 Å². The van der Waals surface area contributed by atoms with Gasteiger partial charge in [-0.2, -0.15) is 0 Å². The number of amides is 2. The number of urea groups is 1. The Morgan fingerprint density at radius 1 is 1.06 bits per heavy atom. The second-order valence-electron chi connectivity index (χ2n) is 9.16. The minimum atomic E-state index is -0.512. The zero-order valence-electron chi connectivity index (χ0n) is 19.4. The minimum absolute atomic E-state index is 0.278. The summed E-state index contributed by atoms with van der Waals surface area (Å²) in [6.45, 7) is 8.63. The molecule has 2 heterocycles. The Kier molecular flexibility index (Phi) is 7.48. The van der Waals surface area contributed by atoms with Gasteiger partial charge < -0.3 is 15.4 Å². The van der Waals surface area contributed by atoms with Gasteiger partial charge in [-0.3, -0.25) is 9.80 Å². The molecule has 32 heavy (non-hydrogen) atoms. The molecule has 0 radical (unpaired) electrons. The molecular formula is C25H36N4O3. The van der Waals surface area contributed by atoms with Crippen LogP contribution in [0.5, 0.6) is 0 Å². The van der Waals surface area contributed by atoms with Crippen LogP contribution in [0.4, 0.5) is 4.79 Å². The number of nitrogens with zero attached hydrogens (tertiary/aromatic N) is 2. The van der Waals surface area contributed by atoms with Gasteiger partial charge in [0, 0.05) is 44.5 Å². The van der Waals surface area contributed by atoms with E-state index in [4.69, 9.17) is 4.74 Å². The molecule has 0 aromatic heterocycles. The fourth-order valence-corrected chi connectivity index (χ4v) is 5.16. The Labute approximate surface area is 191 Å². The molecule has 1 unspecified atom stereocenters. The van der Waals surface area contributed by atoms with Crippen LogP contribution in [-0.4, -0.2) is 67.2 Å². The molecule has 0 spiro atoms. The molecule has 1 aromatic carbocycles. The molecule has 1 aliphatic carbocycles. The van der Waals surface area contributed by atoms with E-state index >= 15 is 0 Å². The number of piperazine rings is 1. The topological polar surface area (TPSA) is 73.9 Å². The molecule has 2 aliphatic heterocycles. The molecule has 2 amide bonds. The fraction of sp³-hybridized carbons (Fsp3) is 0.600. The fourth-order valence-electron chi connectivity index (χ4n) is 5.16. The number of ether oxygens (including phenoxy) is 1. The molecule has 7 nitrogen and oxygen atoms in total. The van der Waals surface area contributed by atoms with Crippen molar-refractivity contribution < 1.29 is 14.3 Å². The number of benzene rings is 1. The van der Waals surface area contributed by atoms with E-state index < -0.39 is 6.04 Å². The van der Waals surface area contributed by atoms with Crippen LogP contribution in [0.1, 0.15) is 56.2 Å². The summed E-state index contributed by atoms with van der Waals surface area (Å²) < 4.78 is 5.39. The first-order valence-electron chi connectivity index (χ1n) is 12.1. The lowest BCUT2D eigenvalue weighted by Crippen LogP contribution is -2.53. The average molecular weight is 441 g/mol. The summed E-state index contributed by atoms with van der Waals surface area (Å²) in [5, 5.41) is 5.84. The van der Waals surface area contributed by atoms with E-state index in [0.717, 1.165) is 43.3 Å². The number of aryl methyl sites for hydroxylation is 1. The summed E-state index contributed by atoms with van der Waals surface area (Å²) >= 11 is 0. The molecule has 1 aromatic rings. The summed E-state index contributed by atoms with van der Waals surface area (Å²) in [7, 11) is 0. The zero-order valence-corrected chi connectivity index (χ0v) is 19.4. The quantitative estimate of drug-likeness (QED) is 0.665. The lowest BCUT2D eigenvalue weighted by molar-refractivity contribution is -0.139. The van der Waals surface area contributed by atoms with Crippen LogP contribution in [0.15, 0.2) is 35.5 Å². The van der Waals surface area contributed by atoms with E-state index in [-0.39, 0.29) is 12.0 Å². The second kappa shape index (κ2) is 10.5. The van der Waals surface area contributed by atoms with Crippen molar-refractivity contribution in [2.75, 3.05) is 39.3 Å². The third-order valence-corrected chi connectivity index (χ3v) is 6.94. The highest BCUT2D eigenvalue weighted by atomic mass is 16.5. The van der Waals surface area contributed by atoms with Gasteiger partial charge in [-0.25, -0.2) is 9.59 Å². The molecule has 3 aliphatic rings. The summed E-state index contributed by atoms with van der Waals surface area (Å²) in [5.41, 5.74) is 3.17. The van der Waals surface area contributed by atoms with Crippen LogP contribution < -0.4 is 10.6 Å². The van der Waals surface area contributed by atoms with Crippen LogP contribution in [0.25, 0.3) is 0 Å². The lowest BCUT2D eigenvalue weighted by Gasteiger charge is -2.41. The van der Waals surface area contributed by atoms with Gasteiger partial charge in [-0.1, -0.05) is 49.1 Å². The Morgan fingerprint density at radius 2 is 1.75 bits per heavy atom. The third-order valence-electron chi connectivity index (χ3n) is 6.94. The monoisotopic (exact) mass is 440 g/mol. The zero-order chi connectivity index (χ0) is 22.5. The molecule has 4 rings (SSSR count). The van der Waals surface area contributed by atoms with Crippen molar-refractivity contribution in [1.29, 1.82) is 0 Å². The molecule has 2 N–H and O–H groups in total. The van der Waals surface area contributed by atoms with Gasteiger partial charge in [0.25, 0.3) is 0 Å². The van der Waals surface area contributed by atoms with E-state index in [9.17, 15) is 9.59 Å². The SMILES string of the molecule is CCOC(=O)C1=C(CN2CCN(C3CCCCC3)CC2)NC(=O)NC1c1ccc(C)cc1. The maximum atomic E-state index is 13.0. The van der Waals surface area contributed by atoms with Gasteiger partial charge in [0.15, 0.2) is 0 Å². The molecule has 1 saturated carbocycles. The van der Waals surface area contributed by atoms with Crippen LogP contribution in [0.2, 0.25) is 0 Å². The van der Waals surface area contributed by atoms with Crippen molar-refractivity contribution in [2.45, 2.75) is 58.0 Å². The summed E-state index contributed by atoms with van der Waals surface area (Å²) in [6.07, 6.45) is 6.70. The number of hydrogen-bond donors (Lipinski definition) is 2. The van der Waals surface area contributed by atoms with Crippen molar-refractivity contribution in [1.82, 2.24) is 20.4 Å². The summed E-state index contributed by atoms with van der Waals surface area (Å²) in [5.74, 6) is -0.374. The van der Waals surface area contributed by atoms with Crippen LogP contribution >= 0.6 is 0 Å². The standard InChI is InChI=1S/C25H36N4O3/c1-3-32-24(30)22-21(26-25(31)27-23(22)19-11-9-18(2)10-12-19)17-28-13-15-29(16-14-28)20-7-5-4-6-8-20/h9-12,20,23H,3-8,13-17H2,1-2H3,(H2,26,27,31). The van der Waals surface area contributed by atoms with E-state index in [2.05, 4.69) is 20.4 Å². The molecular weight excluding hydrogens is 404 g/mol. The first-order valence-corrected chi connectivity index (χ1v) is 12.1.